The van der Waals surface area contributed by atoms with Gasteiger partial charge in [-0.15, -0.1) is 0 Å². The van der Waals surface area contributed by atoms with Gasteiger partial charge in [-0.2, -0.15) is 0 Å². The quantitative estimate of drug-likeness (QED) is 0.522. The van der Waals surface area contributed by atoms with Crippen LogP contribution in [0.15, 0.2) is 0 Å². The third-order valence-electron chi connectivity index (χ3n) is 0.390. The van der Waals surface area contributed by atoms with E-state index in [2.05, 4.69) is 10.1 Å². The van der Waals surface area contributed by atoms with Crippen LogP contribution in [0.5, 0.6) is 0 Å². The molecule has 0 saturated carbocycles. The molecule has 4 heteroatoms. The molecule has 7 heavy (non-hydrogen) atoms. The first kappa shape index (κ1) is 6.20. The van der Waals surface area contributed by atoms with Crippen LogP contribution in [0.1, 0.15) is 0 Å². The van der Waals surface area contributed by atoms with Crippen LogP contribution in [0, 0.1) is 0 Å². The number of hydrogen-bond donors (Lipinski definition) is 1. The molecular weight excluding hydrogens is 101 g/mol. The molecule has 0 bridgehead atoms. The van der Waals surface area contributed by atoms with E-state index in [0.29, 0.717) is 0 Å². The van der Waals surface area contributed by atoms with Crippen LogP contribution in [-0.4, -0.2) is 20.0 Å². The Morgan fingerprint density at radius 2 is 2.57 bits per heavy atom. The Hall–Kier alpha value is -0.800. The molecule has 1 amide bonds. The third kappa shape index (κ3) is 3.02. The molecule has 1 N–H and O–H groups in total. The fourth-order valence-corrected chi connectivity index (χ4v) is 0.122. The molecule has 0 fully saturated rings. The molecule has 0 aliphatic carbocycles. The highest BCUT2D eigenvalue weighted by Crippen LogP contribution is 1.73. The summed E-state index contributed by atoms with van der Waals surface area (Å²) in [5, 5.41) is 2.06. The van der Waals surface area contributed by atoms with Gasteiger partial charge in [0.15, 0.2) is 0 Å². The number of alkyl carbamates (subject to hydrolysis) is 1. The minimum Gasteiger partial charge on any atom is -0.418 e. The van der Waals surface area contributed by atoms with E-state index in [0.717, 1.165) is 0 Å². The molecule has 0 aliphatic heterocycles. The molecule has 0 atom stereocenters. The van der Waals surface area contributed by atoms with Gasteiger partial charge in [-0.05, 0) is 0 Å². The lowest BCUT2D eigenvalue weighted by atomic mass is 11.1. The van der Waals surface area contributed by atoms with Crippen molar-refractivity contribution >= 4 is 6.09 Å². The molecule has 0 aromatic heterocycles. The van der Waals surface area contributed by atoms with Crippen LogP contribution < -0.4 is 5.32 Å². The standard InChI is InChI=1S/C3H6FNO2/c1-5-3(6)7-2-4/h2H2,1H3,(H,5,6). The second kappa shape index (κ2) is 3.39. The first-order chi connectivity index (χ1) is 3.31. The Labute approximate surface area is 40.5 Å². The monoisotopic (exact) mass is 107 g/mol. The van der Waals surface area contributed by atoms with Crippen molar-refractivity contribution in [3.63, 3.8) is 0 Å². The molecule has 3 nitrogen and oxygen atoms in total. The summed E-state index contributed by atoms with van der Waals surface area (Å²) in [4.78, 5) is 9.84. The molecule has 0 unspecified atom stereocenters. The van der Waals surface area contributed by atoms with Gasteiger partial charge < -0.3 is 10.1 Å². The van der Waals surface area contributed by atoms with Gasteiger partial charge in [0, 0.05) is 7.05 Å². The minimum absolute atomic E-state index is 0.748. The van der Waals surface area contributed by atoms with Crippen LogP contribution in [0.3, 0.4) is 0 Å². The van der Waals surface area contributed by atoms with Gasteiger partial charge in [-0.3, -0.25) is 0 Å². The molecule has 0 aromatic carbocycles. The summed E-state index contributed by atoms with van der Waals surface area (Å²) in [5.41, 5.74) is 0. The van der Waals surface area contributed by atoms with Crippen LogP contribution in [0.4, 0.5) is 9.18 Å². The predicted molar refractivity (Wildman–Crippen MR) is 21.5 cm³/mol. The van der Waals surface area contributed by atoms with Gasteiger partial charge in [0.1, 0.15) is 0 Å². The second-order valence-corrected chi connectivity index (χ2v) is 0.791. The van der Waals surface area contributed by atoms with Crippen molar-refractivity contribution in [3.05, 3.63) is 0 Å². The molecule has 0 spiro atoms. The highest BCUT2D eigenvalue weighted by molar-refractivity contribution is 5.66. The van der Waals surface area contributed by atoms with E-state index in [9.17, 15) is 9.18 Å². The van der Waals surface area contributed by atoms with E-state index in [1.807, 2.05) is 0 Å². The SMILES string of the molecule is CNC(=O)OCF. The van der Waals surface area contributed by atoms with E-state index in [1.165, 1.54) is 7.05 Å². The molecule has 0 rings (SSSR count). The van der Waals surface area contributed by atoms with Gasteiger partial charge in [0.2, 0.25) is 6.86 Å². The van der Waals surface area contributed by atoms with Crippen molar-refractivity contribution in [1.82, 2.24) is 5.32 Å². The van der Waals surface area contributed by atoms with Crippen molar-refractivity contribution in [2.45, 2.75) is 0 Å². The van der Waals surface area contributed by atoms with E-state index < -0.39 is 13.0 Å². The number of nitrogens with one attached hydrogen (secondary N) is 1. The molecule has 0 aromatic rings. The largest absolute Gasteiger partial charge is 0.418 e. The molecule has 0 heterocycles. The van der Waals surface area contributed by atoms with E-state index >= 15 is 0 Å². The number of ether oxygens (including phenoxy) is 1. The number of amides is 1. The first-order valence-corrected chi connectivity index (χ1v) is 1.71. The topological polar surface area (TPSA) is 38.3 Å². The van der Waals surface area contributed by atoms with Gasteiger partial charge >= 0.3 is 6.09 Å². The zero-order valence-electron chi connectivity index (χ0n) is 3.90. The summed E-state index contributed by atoms with van der Waals surface area (Å²) in [7, 11) is 1.36. The third-order valence-corrected chi connectivity index (χ3v) is 0.390. The van der Waals surface area contributed by atoms with E-state index in [4.69, 9.17) is 0 Å². The molecule has 0 radical (unpaired) electrons. The number of hydrogen-bond acceptors (Lipinski definition) is 2. The van der Waals surface area contributed by atoms with Crippen LogP contribution in [0.2, 0.25) is 0 Å². The predicted octanol–water partition coefficient (Wildman–Crippen LogP) is 0.269. The van der Waals surface area contributed by atoms with Gasteiger partial charge in [-0.25, -0.2) is 9.18 Å². The van der Waals surface area contributed by atoms with Gasteiger partial charge in [-0.1, -0.05) is 0 Å². The van der Waals surface area contributed by atoms with Gasteiger partial charge in [0.05, 0.1) is 0 Å². The summed E-state index contributed by atoms with van der Waals surface area (Å²) in [6.07, 6.45) is -0.748. The number of rotatable bonds is 1. The highest BCUT2D eigenvalue weighted by atomic mass is 19.1. The average Bonchev–Trinajstić information content (AvgIpc) is 1.68. The average molecular weight is 107 g/mol. The van der Waals surface area contributed by atoms with Crippen LogP contribution >= 0.6 is 0 Å². The Morgan fingerprint density at radius 1 is 2.00 bits per heavy atom. The van der Waals surface area contributed by atoms with Crippen molar-refractivity contribution in [2.24, 2.45) is 0 Å². The smallest absolute Gasteiger partial charge is 0.409 e. The zero-order valence-corrected chi connectivity index (χ0v) is 3.90. The zero-order chi connectivity index (χ0) is 5.70. The lowest BCUT2D eigenvalue weighted by Crippen LogP contribution is -2.18. The summed E-state index contributed by atoms with van der Waals surface area (Å²) in [6, 6.07) is 0. The van der Waals surface area contributed by atoms with Crippen LogP contribution in [0.25, 0.3) is 0 Å². The fourth-order valence-electron chi connectivity index (χ4n) is 0.122. The fraction of sp³-hybridized carbons (Fsp3) is 0.667. The summed E-state index contributed by atoms with van der Waals surface area (Å²) in [6.45, 7) is -1.07. The van der Waals surface area contributed by atoms with Gasteiger partial charge in [0.25, 0.3) is 0 Å². The highest BCUT2D eigenvalue weighted by Gasteiger charge is 1.91. The second-order valence-electron chi connectivity index (χ2n) is 0.791. The maximum Gasteiger partial charge on any atom is 0.409 e. The number of carbonyl (C=O) groups excluding carboxylic acids is 1. The van der Waals surface area contributed by atoms with E-state index in [-0.39, 0.29) is 0 Å². The molecular formula is C3H6FNO2. The van der Waals surface area contributed by atoms with Crippen molar-refractivity contribution in [1.29, 1.82) is 0 Å². The summed E-state index contributed by atoms with van der Waals surface area (Å²) >= 11 is 0. The maximum atomic E-state index is 10.9. The van der Waals surface area contributed by atoms with Crippen molar-refractivity contribution < 1.29 is 13.9 Å². The lowest BCUT2D eigenvalue weighted by molar-refractivity contribution is 0.100. The molecule has 0 aliphatic rings. The lowest BCUT2D eigenvalue weighted by Gasteiger charge is -1.93. The van der Waals surface area contributed by atoms with Crippen molar-refractivity contribution in [3.8, 4) is 0 Å². The number of halogens is 1. The van der Waals surface area contributed by atoms with E-state index in [1.54, 1.807) is 0 Å². The Bertz CT molecular complexity index is 66.0. The number of alkyl halides is 1. The summed E-state index contributed by atoms with van der Waals surface area (Å²) < 4.78 is 14.7. The van der Waals surface area contributed by atoms with Crippen molar-refractivity contribution in [2.75, 3.05) is 13.9 Å². The number of carbonyl (C=O) groups is 1. The minimum atomic E-state index is -1.07. The Balaban J connectivity index is 3.00. The van der Waals surface area contributed by atoms with Crippen LogP contribution in [-0.2, 0) is 4.74 Å². The molecule has 42 valence electrons. The molecule has 0 saturated heterocycles. The first-order valence-electron chi connectivity index (χ1n) is 1.71. The summed E-state index contributed by atoms with van der Waals surface area (Å²) in [5.74, 6) is 0. The maximum absolute atomic E-state index is 10.9. The Morgan fingerprint density at radius 3 is 2.71 bits per heavy atom. The normalized spacial score (nSPS) is 7.71. The Kier molecular flexibility index (Phi) is 3.00.